The summed E-state index contributed by atoms with van der Waals surface area (Å²) in [5, 5.41) is 5.72. The average molecular weight is 333 g/mol. The highest BCUT2D eigenvalue weighted by Crippen LogP contribution is 2.25. The second kappa shape index (κ2) is 6.09. The van der Waals surface area contributed by atoms with Crippen molar-refractivity contribution in [3.05, 3.63) is 57.6 Å². The third-order valence-electron chi connectivity index (χ3n) is 3.05. The second-order valence-corrected chi connectivity index (χ2v) is 5.78. The summed E-state index contributed by atoms with van der Waals surface area (Å²) in [6.07, 6.45) is 0. The fourth-order valence-corrected chi connectivity index (χ4v) is 2.71. The van der Waals surface area contributed by atoms with Gasteiger partial charge in [0.15, 0.2) is 0 Å². The Hall–Kier alpha value is -1.81. The summed E-state index contributed by atoms with van der Waals surface area (Å²) in [7, 11) is 0. The maximum absolute atomic E-state index is 12.0. The molecule has 20 heavy (non-hydrogen) atoms. The van der Waals surface area contributed by atoms with Gasteiger partial charge in [0.25, 0.3) is 0 Å². The zero-order valence-electron chi connectivity index (χ0n) is 11.8. The minimum atomic E-state index is -0.234. The highest BCUT2D eigenvalue weighted by atomic mass is 79.9. The Morgan fingerprint density at radius 2 is 1.50 bits per heavy atom. The molecule has 3 nitrogen and oxygen atoms in total. The average Bonchev–Trinajstić information content (AvgIpc) is 2.36. The number of halogens is 1. The third-order valence-corrected chi connectivity index (χ3v) is 3.50. The molecule has 0 atom stereocenters. The van der Waals surface area contributed by atoms with Crippen molar-refractivity contribution in [2.75, 3.05) is 10.6 Å². The molecule has 2 N–H and O–H groups in total. The predicted octanol–water partition coefficient (Wildman–Crippen LogP) is 5.02. The summed E-state index contributed by atoms with van der Waals surface area (Å²) in [6, 6.07) is 11.4. The van der Waals surface area contributed by atoms with E-state index in [-0.39, 0.29) is 6.03 Å². The molecule has 0 radical (unpaired) electrons. The van der Waals surface area contributed by atoms with Gasteiger partial charge in [0.2, 0.25) is 0 Å². The fourth-order valence-electron chi connectivity index (χ4n) is 2.02. The van der Waals surface area contributed by atoms with Crippen LogP contribution in [-0.4, -0.2) is 6.03 Å². The number of hydrogen-bond acceptors (Lipinski definition) is 1. The first-order chi connectivity index (χ1) is 9.45. The summed E-state index contributed by atoms with van der Waals surface area (Å²) in [5.74, 6) is 0. The van der Waals surface area contributed by atoms with Crippen LogP contribution in [0, 0.1) is 20.8 Å². The Kier molecular flexibility index (Phi) is 4.45. The van der Waals surface area contributed by atoms with Crippen LogP contribution in [0.1, 0.15) is 16.7 Å². The van der Waals surface area contributed by atoms with Crippen molar-refractivity contribution in [1.82, 2.24) is 0 Å². The van der Waals surface area contributed by atoms with Gasteiger partial charge >= 0.3 is 6.03 Å². The number of carbonyl (C=O) groups excluding carboxylic acids is 1. The Bertz CT molecular complexity index is 612. The van der Waals surface area contributed by atoms with Crippen LogP contribution in [0.15, 0.2) is 40.9 Å². The van der Waals surface area contributed by atoms with Crippen molar-refractivity contribution in [1.29, 1.82) is 0 Å². The molecule has 0 unspecified atom stereocenters. The highest BCUT2D eigenvalue weighted by molar-refractivity contribution is 9.10. The van der Waals surface area contributed by atoms with Crippen LogP contribution in [0.4, 0.5) is 16.2 Å². The fraction of sp³-hybridized carbons (Fsp3) is 0.188. The van der Waals surface area contributed by atoms with E-state index in [0.717, 1.165) is 32.5 Å². The maximum Gasteiger partial charge on any atom is 0.323 e. The molecule has 0 bridgehead atoms. The monoisotopic (exact) mass is 332 g/mol. The van der Waals surface area contributed by atoms with Crippen molar-refractivity contribution >= 4 is 33.3 Å². The molecule has 4 heteroatoms. The molecule has 0 aliphatic heterocycles. The molecule has 0 fully saturated rings. The van der Waals surface area contributed by atoms with Crippen LogP contribution in [-0.2, 0) is 0 Å². The van der Waals surface area contributed by atoms with Gasteiger partial charge in [-0.3, -0.25) is 0 Å². The number of carbonyl (C=O) groups is 1. The lowest BCUT2D eigenvalue weighted by Gasteiger charge is -2.13. The van der Waals surface area contributed by atoms with Gasteiger partial charge in [0.1, 0.15) is 0 Å². The van der Waals surface area contributed by atoms with E-state index in [1.165, 1.54) is 0 Å². The Morgan fingerprint density at radius 3 is 2.05 bits per heavy atom. The first kappa shape index (κ1) is 14.6. The highest BCUT2D eigenvalue weighted by Gasteiger charge is 2.08. The van der Waals surface area contributed by atoms with E-state index in [2.05, 4.69) is 26.6 Å². The molecule has 0 aliphatic rings. The second-order valence-electron chi connectivity index (χ2n) is 4.86. The predicted molar refractivity (Wildman–Crippen MR) is 87.4 cm³/mol. The number of amides is 2. The zero-order valence-corrected chi connectivity index (χ0v) is 13.3. The van der Waals surface area contributed by atoms with Crippen molar-refractivity contribution in [3.63, 3.8) is 0 Å². The molecule has 0 spiro atoms. The molecule has 2 aromatic rings. The number of nitrogens with one attached hydrogen (secondary N) is 2. The smallest absolute Gasteiger partial charge is 0.308 e. The normalized spacial score (nSPS) is 10.2. The van der Waals surface area contributed by atoms with Gasteiger partial charge in [-0.15, -0.1) is 0 Å². The van der Waals surface area contributed by atoms with Crippen LogP contribution in [0.2, 0.25) is 0 Å². The number of urea groups is 1. The van der Waals surface area contributed by atoms with E-state index < -0.39 is 0 Å². The summed E-state index contributed by atoms with van der Waals surface area (Å²) < 4.78 is 1.01. The van der Waals surface area contributed by atoms with Crippen molar-refractivity contribution in [2.45, 2.75) is 20.8 Å². The summed E-state index contributed by atoms with van der Waals surface area (Å²) in [6.45, 7) is 5.96. The van der Waals surface area contributed by atoms with E-state index in [4.69, 9.17) is 0 Å². The van der Waals surface area contributed by atoms with Gasteiger partial charge in [0, 0.05) is 15.8 Å². The molecular formula is C16H17BrN2O. The molecular weight excluding hydrogens is 316 g/mol. The topological polar surface area (TPSA) is 41.1 Å². The lowest BCUT2D eigenvalue weighted by molar-refractivity contribution is 0.262. The van der Waals surface area contributed by atoms with E-state index >= 15 is 0 Å². The number of hydrogen-bond donors (Lipinski definition) is 2. The summed E-state index contributed by atoms with van der Waals surface area (Å²) in [5.41, 5.74) is 4.83. The van der Waals surface area contributed by atoms with Gasteiger partial charge in [-0.25, -0.2) is 4.79 Å². The van der Waals surface area contributed by atoms with Crippen molar-refractivity contribution in [2.24, 2.45) is 0 Å². The Labute approximate surface area is 127 Å². The Morgan fingerprint density at radius 1 is 0.950 bits per heavy atom. The first-order valence-corrected chi connectivity index (χ1v) is 7.16. The SMILES string of the molecule is Cc1ccc(NC(=O)Nc2c(C)cc(Br)cc2C)cc1. The number of rotatable bonds is 2. The number of anilines is 2. The third kappa shape index (κ3) is 3.61. The van der Waals surface area contributed by atoms with E-state index in [9.17, 15) is 4.79 Å². The number of aryl methyl sites for hydroxylation is 3. The van der Waals surface area contributed by atoms with E-state index in [1.807, 2.05) is 57.2 Å². The largest absolute Gasteiger partial charge is 0.323 e. The molecule has 2 amide bonds. The van der Waals surface area contributed by atoms with Gasteiger partial charge in [0.05, 0.1) is 0 Å². The summed E-state index contributed by atoms with van der Waals surface area (Å²) in [4.78, 5) is 12.0. The molecule has 0 aromatic heterocycles. The maximum atomic E-state index is 12.0. The molecule has 0 heterocycles. The van der Waals surface area contributed by atoms with Crippen LogP contribution in [0.3, 0.4) is 0 Å². The molecule has 2 aromatic carbocycles. The Balaban J connectivity index is 2.10. The standard InChI is InChI=1S/C16H17BrN2O/c1-10-4-6-14(7-5-10)18-16(20)19-15-11(2)8-13(17)9-12(15)3/h4-9H,1-3H3,(H2,18,19,20). The molecule has 0 aliphatic carbocycles. The van der Waals surface area contributed by atoms with Crippen LogP contribution in [0.25, 0.3) is 0 Å². The summed E-state index contributed by atoms with van der Waals surface area (Å²) >= 11 is 3.45. The number of benzene rings is 2. The van der Waals surface area contributed by atoms with Crippen molar-refractivity contribution in [3.8, 4) is 0 Å². The van der Waals surface area contributed by atoms with Gasteiger partial charge in [-0.2, -0.15) is 0 Å². The molecule has 0 saturated carbocycles. The minimum absolute atomic E-state index is 0.234. The van der Waals surface area contributed by atoms with Crippen molar-refractivity contribution < 1.29 is 4.79 Å². The van der Waals surface area contributed by atoms with Gasteiger partial charge in [-0.1, -0.05) is 33.6 Å². The lowest BCUT2D eigenvalue weighted by atomic mass is 10.1. The van der Waals surface area contributed by atoms with Crippen LogP contribution < -0.4 is 10.6 Å². The van der Waals surface area contributed by atoms with E-state index in [1.54, 1.807) is 0 Å². The quantitative estimate of drug-likeness (QED) is 0.796. The van der Waals surface area contributed by atoms with Gasteiger partial charge < -0.3 is 10.6 Å². The van der Waals surface area contributed by atoms with Gasteiger partial charge in [-0.05, 0) is 56.2 Å². The first-order valence-electron chi connectivity index (χ1n) is 6.37. The lowest BCUT2D eigenvalue weighted by Crippen LogP contribution is -2.20. The molecule has 2 rings (SSSR count). The zero-order chi connectivity index (χ0) is 14.7. The van der Waals surface area contributed by atoms with Crippen LogP contribution in [0.5, 0.6) is 0 Å². The van der Waals surface area contributed by atoms with E-state index in [0.29, 0.717) is 0 Å². The molecule has 0 saturated heterocycles. The van der Waals surface area contributed by atoms with Crippen LogP contribution >= 0.6 is 15.9 Å². The minimum Gasteiger partial charge on any atom is -0.308 e. The molecule has 104 valence electrons.